The summed E-state index contributed by atoms with van der Waals surface area (Å²) in [5.41, 5.74) is 1.65. The Balaban J connectivity index is 1.31. The lowest BCUT2D eigenvalue weighted by Crippen LogP contribution is -2.46. The first-order valence-electron chi connectivity index (χ1n) is 9.85. The summed E-state index contributed by atoms with van der Waals surface area (Å²) in [4.78, 5) is 23.2. The molecular weight excluding hydrogens is 370 g/mol. The molecule has 0 saturated carbocycles. The number of carbonyl (C=O) groups is 1. The highest BCUT2D eigenvalue weighted by atomic mass is 16.5. The summed E-state index contributed by atoms with van der Waals surface area (Å²) in [6.45, 7) is 6.17. The Labute approximate surface area is 169 Å². The van der Waals surface area contributed by atoms with Gasteiger partial charge in [-0.1, -0.05) is 0 Å². The number of fused-ring (bicyclic) bond motifs is 1. The van der Waals surface area contributed by atoms with Crippen molar-refractivity contribution in [3.8, 4) is 5.75 Å². The topological polar surface area (TPSA) is 96.7 Å². The lowest BCUT2D eigenvalue weighted by atomic mass is 10.1. The van der Waals surface area contributed by atoms with Crippen LogP contribution in [0, 0.1) is 6.92 Å². The molecule has 0 spiro atoms. The van der Waals surface area contributed by atoms with Crippen molar-refractivity contribution in [2.75, 3.05) is 29.9 Å². The number of hydrogen-bond acceptors (Lipinski definition) is 6. The van der Waals surface area contributed by atoms with Crippen molar-refractivity contribution in [1.82, 2.24) is 24.9 Å². The van der Waals surface area contributed by atoms with Crippen molar-refractivity contribution in [2.24, 2.45) is 0 Å². The van der Waals surface area contributed by atoms with Crippen LogP contribution in [0.5, 0.6) is 5.75 Å². The van der Waals surface area contributed by atoms with Gasteiger partial charge in [-0.3, -0.25) is 0 Å². The molecule has 0 aliphatic carbocycles. The van der Waals surface area contributed by atoms with E-state index in [4.69, 9.17) is 4.74 Å². The van der Waals surface area contributed by atoms with Gasteiger partial charge < -0.3 is 20.3 Å². The number of carbonyl (C=O) groups excluding carboxylic acids is 1. The van der Waals surface area contributed by atoms with E-state index in [0.29, 0.717) is 12.4 Å². The summed E-state index contributed by atoms with van der Waals surface area (Å²) in [6.07, 6.45) is 3.23. The number of benzene rings is 1. The summed E-state index contributed by atoms with van der Waals surface area (Å²) >= 11 is 0. The molecule has 0 radical (unpaired) electrons. The summed E-state index contributed by atoms with van der Waals surface area (Å²) in [5.74, 6) is 2.39. The van der Waals surface area contributed by atoms with Crippen LogP contribution in [0.3, 0.4) is 0 Å². The lowest BCUT2D eigenvalue weighted by Gasteiger charge is -2.33. The first-order valence-corrected chi connectivity index (χ1v) is 9.85. The van der Waals surface area contributed by atoms with E-state index in [1.165, 1.54) is 6.33 Å². The van der Waals surface area contributed by atoms with Crippen molar-refractivity contribution in [3.05, 3.63) is 42.4 Å². The van der Waals surface area contributed by atoms with Crippen LogP contribution < -0.4 is 20.3 Å². The minimum absolute atomic E-state index is 0.128. The molecule has 0 bridgehead atoms. The van der Waals surface area contributed by atoms with E-state index in [0.717, 1.165) is 48.9 Å². The number of nitrogens with one attached hydrogen (secondary N) is 2. The number of urea groups is 1. The van der Waals surface area contributed by atoms with Gasteiger partial charge in [0.25, 0.3) is 5.78 Å². The molecule has 3 aromatic rings. The number of anilines is 2. The normalized spacial score (nSPS) is 14.8. The molecule has 3 heterocycles. The van der Waals surface area contributed by atoms with Gasteiger partial charge in [-0.2, -0.15) is 14.6 Å². The average molecular weight is 395 g/mol. The Morgan fingerprint density at radius 1 is 1.24 bits per heavy atom. The number of rotatable bonds is 5. The highest BCUT2D eigenvalue weighted by Gasteiger charge is 2.23. The minimum Gasteiger partial charge on any atom is -0.494 e. The van der Waals surface area contributed by atoms with Crippen LogP contribution >= 0.6 is 0 Å². The van der Waals surface area contributed by atoms with Gasteiger partial charge in [0.1, 0.15) is 17.9 Å². The number of piperidine rings is 1. The zero-order chi connectivity index (χ0) is 20.2. The Bertz CT molecular complexity index is 978. The first kappa shape index (κ1) is 19.0. The molecule has 29 heavy (non-hydrogen) atoms. The second-order valence-corrected chi connectivity index (χ2v) is 7.04. The molecule has 1 aliphatic heterocycles. The molecular formula is C20H25N7O2. The van der Waals surface area contributed by atoms with Crippen LogP contribution in [0.4, 0.5) is 16.3 Å². The molecule has 4 rings (SSSR count). The van der Waals surface area contributed by atoms with E-state index < -0.39 is 0 Å². The predicted octanol–water partition coefficient (Wildman–Crippen LogP) is 2.62. The predicted molar refractivity (Wildman–Crippen MR) is 111 cm³/mol. The molecule has 1 aliphatic rings. The van der Waals surface area contributed by atoms with E-state index in [1.807, 2.05) is 44.2 Å². The van der Waals surface area contributed by atoms with Crippen molar-refractivity contribution >= 4 is 23.3 Å². The molecule has 0 atom stereocenters. The van der Waals surface area contributed by atoms with Gasteiger partial charge >= 0.3 is 6.03 Å². The van der Waals surface area contributed by atoms with Crippen LogP contribution in [0.2, 0.25) is 0 Å². The maximum absolute atomic E-state index is 12.3. The van der Waals surface area contributed by atoms with Crippen LogP contribution in [-0.4, -0.2) is 51.4 Å². The van der Waals surface area contributed by atoms with Crippen LogP contribution in [-0.2, 0) is 0 Å². The summed E-state index contributed by atoms with van der Waals surface area (Å²) < 4.78 is 7.18. The van der Waals surface area contributed by atoms with Crippen LogP contribution in [0.15, 0.2) is 36.7 Å². The van der Waals surface area contributed by atoms with Gasteiger partial charge in [-0.15, -0.1) is 0 Å². The van der Waals surface area contributed by atoms with Gasteiger partial charge in [0.2, 0.25) is 0 Å². The fourth-order valence-corrected chi connectivity index (χ4v) is 3.54. The Morgan fingerprint density at radius 3 is 2.72 bits per heavy atom. The van der Waals surface area contributed by atoms with E-state index in [2.05, 4.69) is 30.6 Å². The van der Waals surface area contributed by atoms with Crippen LogP contribution in [0.1, 0.15) is 25.5 Å². The molecule has 1 fully saturated rings. The zero-order valence-electron chi connectivity index (χ0n) is 16.6. The van der Waals surface area contributed by atoms with Crippen molar-refractivity contribution < 1.29 is 9.53 Å². The number of aryl methyl sites for hydroxylation is 1. The molecule has 1 saturated heterocycles. The smallest absolute Gasteiger partial charge is 0.319 e. The fraction of sp³-hybridized carbons (Fsp3) is 0.400. The molecule has 2 aromatic heterocycles. The second-order valence-electron chi connectivity index (χ2n) is 7.04. The van der Waals surface area contributed by atoms with Gasteiger partial charge in [-0.25, -0.2) is 9.78 Å². The Hall–Kier alpha value is -3.36. The van der Waals surface area contributed by atoms with Gasteiger partial charge in [-0.05, 0) is 51.0 Å². The average Bonchev–Trinajstić information content (AvgIpc) is 3.18. The van der Waals surface area contributed by atoms with E-state index in [9.17, 15) is 4.79 Å². The van der Waals surface area contributed by atoms with Crippen molar-refractivity contribution in [2.45, 2.75) is 32.7 Å². The second kappa shape index (κ2) is 8.34. The minimum atomic E-state index is -0.189. The first-order chi connectivity index (χ1) is 14.1. The molecule has 9 heteroatoms. The van der Waals surface area contributed by atoms with Crippen molar-refractivity contribution in [1.29, 1.82) is 0 Å². The third-order valence-electron chi connectivity index (χ3n) is 4.94. The van der Waals surface area contributed by atoms with Gasteiger partial charge in [0.15, 0.2) is 0 Å². The maximum atomic E-state index is 12.3. The number of ether oxygens (including phenoxy) is 1. The standard InChI is InChI=1S/C20H25N7O2/c1-3-29-17-6-4-15(5-7-17)24-20(28)25-16-8-10-26(11-9-16)18-12-14(2)23-19-21-13-22-27(18)19/h4-7,12-13,16H,3,8-11H2,1-2H3,(H2,24,25,28). The SMILES string of the molecule is CCOc1ccc(NC(=O)NC2CCN(c3cc(C)nc4ncnn34)CC2)cc1. The van der Waals surface area contributed by atoms with Gasteiger partial charge in [0.05, 0.1) is 6.61 Å². The maximum Gasteiger partial charge on any atom is 0.319 e. The molecule has 2 amide bonds. The molecule has 152 valence electrons. The van der Waals surface area contributed by atoms with Crippen molar-refractivity contribution in [3.63, 3.8) is 0 Å². The number of aromatic nitrogens is 4. The van der Waals surface area contributed by atoms with E-state index in [1.54, 1.807) is 4.52 Å². The Kier molecular flexibility index (Phi) is 5.46. The quantitative estimate of drug-likeness (QED) is 0.689. The summed E-state index contributed by atoms with van der Waals surface area (Å²) in [6, 6.07) is 9.33. The summed E-state index contributed by atoms with van der Waals surface area (Å²) in [5, 5.41) is 10.2. The lowest BCUT2D eigenvalue weighted by molar-refractivity contribution is 0.246. The largest absolute Gasteiger partial charge is 0.494 e. The molecule has 1 aromatic carbocycles. The Morgan fingerprint density at radius 2 is 2.00 bits per heavy atom. The van der Waals surface area contributed by atoms with Crippen LogP contribution in [0.25, 0.3) is 5.78 Å². The molecule has 0 unspecified atom stereocenters. The van der Waals surface area contributed by atoms with Gasteiger partial charge in [0, 0.05) is 36.6 Å². The third-order valence-corrected chi connectivity index (χ3v) is 4.94. The highest BCUT2D eigenvalue weighted by Crippen LogP contribution is 2.21. The fourth-order valence-electron chi connectivity index (χ4n) is 3.54. The number of hydrogen-bond donors (Lipinski definition) is 2. The molecule has 9 nitrogen and oxygen atoms in total. The third kappa shape index (κ3) is 4.39. The number of nitrogens with zero attached hydrogens (tertiary/aromatic N) is 5. The van der Waals surface area contributed by atoms with E-state index >= 15 is 0 Å². The zero-order valence-corrected chi connectivity index (χ0v) is 16.6. The van der Waals surface area contributed by atoms with E-state index in [-0.39, 0.29) is 12.1 Å². The summed E-state index contributed by atoms with van der Waals surface area (Å²) in [7, 11) is 0. The monoisotopic (exact) mass is 395 g/mol. The number of amides is 2. The highest BCUT2D eigenvalue weighted by molar-refractivity contribution is 5.89. The molecule has 2 N–H and O–H groups in total.